The Hall–Kier alpha value is -7.10. The predicted molar refractivity (Wildman–Crippen MR) is 223 cm³/mol. The standard InChI is InChI=1S/C50H32N2O/c1-3-13-33(14-4-1)43-32-39(29-35-16-8-9-19-40(35)43)51(38-25-28-48-45(31-38)50-41-20-10-7-15-34(41)23-27-49(50)53-48)37-24-26-47-44(30-37)42-21-11-12-22-46(42)52(47)36-17-5-2-6-18-36/h1-32H. The number of furan rings is 1. The number of fused-ring (bicyclic) bond motifs is 9. The van der Waals surface area contributed by atoms with Crippen LogP contribution in [0, 0.1) is 0 Å². The van der Waals surface area contributed by atoms with Gasteiger partial charge in [-0.1, -0.05) is 121 Å². The molecule has 0 atom stereocenters. The lowest BCUT2D eigenvalue weighted by Gasteiger charge is -2.27. The van der Waals surface area contributed by atoms with E-state index in [4.69, 9.17) is 4.42 Å². The summed E-state index contributed by atoms with van der Waals surface area (Å²) in [7, 11) is 0. The molecular weight excluding hydrogens is 645 g/mol. The Kier molecular flexibility index (Phi) is 6.55. The maximum absolute atomic E-state index is 6.47. The second-order valence-electron chi connectivity index (χ2n) is 13.7. The third kappa shape index (κ3) is 4.68. The highest BCUT2D eigenvalue weighted by molar-refractivity contribution is 6.19. The number of hydrogen-bond acceptors (Lipinski definition) is 2. The fraction of sp³-hybridized carbons (Fsp3) is 0. The summed E-state index contributed by atoms with van der Waals surface area (Å²) in [6, 6.07) is 69.8. The van der Waals surface area contributed by atoms with Gasteiger partial charge in [-0.15, -0.1) is 0 Å². The van der Waals surface area contributed by atoms with E-state index in [1.54, 1.807) is 0 Å². The lowest BCUT2D eigenvalue weighted by molar-refractivity contribution is 0.669. The average Bonchev–Trinajstić information content (AvgIpc) is 3.77. The van der Waals surface area contributed by atoms with Gasteiger partial charge in [-0.2, -0.15) is 0 Å². The molecule has 0 saturated carbocycles. The topological polar surface area (TPSA) is 21.3 Å². The van der Waals surface area contributed by atoms with Crippen LogP contribution in [0.1, 0.15) is 0 Å². The lowest BCUT2D eigenvalue weighted by atomic mass is 9.96. The Morgan fingerprint density at radius 3 is 1.83 bits per heavy atom. The molecule has 0 unspecified atom stereocenters. The van der Waals surface area contributed by atoms with Crippen molar-refractivity contribution >= 4 is 82.4 Å². The average molecular weight is 677 g/mol. The summed E-state index contributed by atoms with van der Waals surface area (Å²) in [5.41, 5.74) is 10.9. The molecule has 2 heterocycles. The lowest BCUT2D eigenvalue weighted by Crippen LogP contribution is -2.10. The molecule has 0 saturated heterocycles. The minimum absolute atomic E-state index is 0.880. The van der Waals surface area contributed by atoms with Crippen LogP contribution in [0.3, 0.4) is 0 Å². The largest absolute Gasteiger partial charge is 0.456 e. The molecular formula is C50H32N2O. The SMILES string of the molecule is c1ccc(-c2cc(N(c3ccc4oc5ccc6ccccc6c5c4c3)c3ccc4c(c3)c3ccccc3n4-c3ccccc3)cc3ccccc23)cc1. The molecule has 3 nitrogen and oxygen atoms in total. The number of rotatable bonds is 5. The van der Waals surface area contributed by atoms with Crippen molar-refractivity contribution in [3.8, 4) is 16.8 Å². The molecule has 9 aromatic carbocycles. The number of nitrogens with zero attached hydrogens (tertiary/aromatic N) is 2. The highest BCUT2D eigenvalue weighted by atomic mass is 16.3. The van der Waals surface area contributed by atoms with Crippen molar-refractivity contribution in [1.82, 2.24) is 4.57 Å². The zero-order chi connectivity index (χ0) is 34.9. The number of aromatic nitrogens is 1. The van der Waals surface area contributed by atoms with Gasteiger partial charge in [0.15, 0.2) is 0 Å². The van der Waals surface area contributed by atoms with Crippen molar-refractivity contribution in [2.45, 2.75) is 0 Å². The van der Waals surface area contributed by atoms with Crippen LogP contribution in [0.15, 0.2) is 199 Å². The first kappa shape index (κ1) is 29.6. The Morgan fingerprint density at radius 1 is 0.377 bits per heavy atom. The van der Waals surface area contributed by atoms with Gasteiger partial charge in [-0.05, 0) is 105 Å². The van der Waals surface area contributed by atoms with Gasteiger partial charge in [0.2, 0.25) is 0 Å². The highest BCUT2D eigenvalue weighted by Crippen LogP contribution is 2.45. The van der Waals surface area contributed by atoms with Gasteiger partial charge >= 0.3 is 0 Å². The monoisotopic (exact) mass is 676 g/mol. The zero-order valence-electron chi connectivity index (χ0n) is 28.8. The van der Waals surface area contributed by atoms with Crippen molar-refractivity contribution in [2.75, 3.05) is 4.90 Å². The number of para-hydroxylation sites is 2. The first-order chi connectivity index (χ1) is 26.3. The van der Waals surface area contributed by atoms with Crippen LogP contribution in [0.4, 0.5) is 17.1 Å². The van der Waals surface area contributed by atoms with E-state index in [1.807, 2.05) is 0 Å². The van der Waals surface area contributed by atoms with Crippen molar-refractivity contribution in [1.29, 1.82) is 0 Å². The summed E-state index contributed by atoms with van der Waals surface area (Å²) in [6.07, 6.45) is 0. The molecule has 0 aliphatic rings. The molecule has 2 aromatic heterocycles. The van der Waals surface area contributed by atoms with Crippen LogP contribution < -0.4 is 4.90 Å². The van der Waals surface area contributed by atoms with Crippen LogP contribution in [0.5, 0.6) is 0 Å². The minimum Gasteiger partial charge on any atom is -0.456 e. The van der Waals surface area contributed by atoms with Crippen LogP contribution in [-0.2, 0) is 0 Å². The van der Waals surface area contributed by atoms with Crippen molar-refractivity contribution in [3.05, 3.63) is 194 Å². The molecule has 11 aromatic rings. The minimum atomic E-state index is 0.880. The van der Waals surface area contributed by atoms with Crippen molar-refractivity contribution in [3.63, 3.8) is 0 Å². The van der Waals surface area contributed by atoms with E-state index in [2.05, 4.69) is 204 Å². The van der Waals surface area contributed by atoms with E-state index in [0.29, 0.717) is 0 Å². The van der Waals surface area contributed by atoms with Gasteiger partial charge < -0.3 is 13.9 Å². The Bertz CT molecular complexity index is 3170. The highest BCUT2D eigenvalue weighted by Gasteiger charge is 2.21. The smallest absolute Gasteiger partial charge is 0.136 e. The first-order valence-electron chi connectivity index (χ1n) is 18.1. The molecule has 3 heteroatoms. The maximum atomic E-state index is 6.47. The number of benzene rings is 9. The van der Waals surface area contributed by atoms with E-state index in [0.717, 1.165) is 44.7 Å². The second-order valence-corrected chi connectivity index (χ2v) is 13.7. The predicted octanol–water partition coefficient (Wildman–Crippen LogP) is 14.1. The fourth-order valence-electron chi connectivity index (χ4n) is 8.36. The molecule has 0 aliphatic heterocycles. The molecule has 0 N–H and O–H groups in total. The Morgan fingerprint density at radius 2 is 1.00 bits per heavy atom. The zero-order valence-corrected chi connectivity index (χ0v) is 28.8. The van der Waals surface area contributed by atoms with Crippen LogP contribution in [0.2, 0.25) is 0 Å². The molecule has 248 valence electrons. The molecule has 0 amide bonds. The molecule has 0 bridgehead atoms. The summed E-state index contributed by atoms with van der Waals surface area (Å²) >= 11 is 0. The van der Waals surface area contributed by atoms with E-state index < -0.39 is 0 Å². The summed E-state index contributed by atoms with van der Waals surface area (Å²) in [5, 5.41) is 9.49. The van der Waals surface area contributed by atoms with E-state index in [9.17, 15) is 0 Å². The number of anilines is 3. The summed E-state index contributed by atoms with van der Waals surface area (Å²) in [5.74, 6) is 0. The van der Waals surface area contributed by atoms with Gasteiger partial charge in [0, 0.05) is 44.3 Å². The van der Waals surface area contributed by atoms with Gasteiger partial charge in [0.1, 0.15) is 11.2 Å². The van der Waals surface area contributed by atoms with E-state index in [-0.39, 0.29) is 0 Å². The molecule has 0 fully saturated rings. The second kappa shape index (κ2) is 11.7. The van der Waals surface area contributed by atoms with Crippen molar-refractivity contribution < 1.29 is 4.42 Å². The third-order valence-electron chi connectivity index (χ3n) is 10.7. The molecule has 11 rings (SSSR count). The van der Waals surface area contributed by atoms with Gasteiger partial charge in [-0.3, -0.25) is 0 Å². The van der Waals surface area contributed by atoms with Crippen molar-refractivity contribution in [2.24, 2.45) is 0 Å². The molecule has 53 heavy (non-hydrogen) atoms. The Balaban J connectivity index is 1.21. The van der Waals surface area contributed by atoms with E-state index in [1.165, 1.54) is 54.5 Å². The van der Waals surface area contributed by atoms with Gasteiger partial charge in [-0.25, -0.2) is 0 Å². The quantitative estimate of drug-likeness (QED) is 0.181. The van der Waals surface area contributed by atoms with Crippen LogP contribution in [0.25, 0.3) is 82.1 Å². The third-order valence-corrected chi connectivity index (χ3v) is 10.7. The Labute approximate surface area is 306 Å². The number of hydrogen-bond donors (Lipinski definition) is 0. The fourth-order valence-corrected chi connectivity index (χ4v) is 8.36. The summed E-state index contributed by atoms with van der Waals surface area (Å²) in [6.45, 7) is 0. The van der Waals surface area contributed by atoms with Crippen LogP contribution >= 0.6 is 0 Å². The van der Waals surface area contributed by atoms with Gasteiger partial charge in [0.05, 0.1) is 11.0 Å². The van der Waals surface area contributed by atoms with Gasteiger partial charge in [0.25, 0.3) is 0 Å². The first-order valence-corrected chi connectivity index (χ1v) is 18.1. The maximum Gasteiger partial charge on any atom is 0.136 e. The summed E-state index contributed by atoms with van der Waals surface area (Å²) in [4.78, 5) is 2.41. The normalized spacial score (nSPS) is 11.8. The molecule has 0 radical (unpaired) electrons. The summed E-state index contributed by atoms with van der Waals surface area (Å²) < 4.78 is 8.84. The van der Waals surface area contributed by atoms with Crippen LogP contribution in [-0.4, -0.2) is 4.57 Å². The molecule has 0 aliphatic carbocycles. The molecule has 0 spiro atoms. The van der Waals surface area contributed by atoms with E-state index >= 15 is 0 Å².